The van der Waals surface area contributed by atoms with Crippen LogP contribution in [0, 0.1) is 0 Å². The molecule has 0 bridgehead atoms. The Morgan fingerprint density at radius 2 is 2.33 bits per heavy atom. The molecule has 2 heteroatoms. The van der Waals surface area contributed by atoms with Crippen molar-refractivity contribution in [2.24, 2.45) is 7.05 Å². The predicted molar refractivity (Wildman–Crippen MR) is 52.3 cm³/mol. The molecular formula is C10H18N2. The maximum atomic E-state index is 3.24. The van der Waals surface area contributed by atoms with E-state index < -0.39 is 0 Å². The van der Waals surface area contributed by atoms with E-state index in [1.807, 2.05) is 7.05 Å². The molecular weight excluding hydrogens is 148 g/mol. The van der Waals surface area contributed by atoms with Crippen LogP contribution in [-0.2, 0) is 13.5 Å². The largest absolute Gasteiger partial charge is 0.354 e. The molecule has 2 nitrogen and oxygen atoms in total. The van der Waals surface area contributed by atoms with Crippen molar-refractivity contribution in [2.45, 2.75) is 25.8 Å². The molecule has 68 valence electrons. The molecule has 1 rings (SSSR count). The van der Waals surface area contributed by atoms with E-state index >= 15 is 0 Å². The highest BCUT2D eigenvalue weighted by Gasteiger charge is 2.00. The van der Waals surface area contributed by atoms with E-state index in [2.05, 4.69) is 42.2 Å². The average molecular weight is 166 g/mol. The van der Waals surface area contributed by atoms with E-state index in [0.717, 1.165) is 6.42 Å². The molecule has 1 N–H and O–H groups in total. The molecule has 0 aromatic carbocycles. The number of rotatable bonds is 4. The number of nitrogens with one attached hydrogen (secondary N) is 1. The monoisotopic (exact) mass is 166 g/mol. The first-order chi connectivity index (χ1) is 5.74. The quantitative estimate of drug-likeness (QED) is 0.718. The highest BCUT2D eigenvalue weighted by Crippen LogP contribution is 2.04. The van der Waals surface area contributed by atoms with Crippen molar-refractivity contribution in [1.29, 1.82) is 0 Å². The van der Waals surface area contributed by atoms with Gasteiger partial charge in [-0.3, -0.25) is 0 Å². The molecule has 0 radical (unpaired) electrons. The summed E-state index contributed by atoms with van der Waals surface area (Å²) in [5, 5.41) is 3.24. The van der Waals surface area contributed by atoms with Gasteiger partial charge in [-0.05, 0) is 38.9 Å². The number of aromatic nitrogens is 1. The standard InChI is InChI=1S/C10H18N2/c1-9(11-2)6-7-10-5-4-8-12(10)3/h4-5,8-9,11H,6-7H2,1-3H3. The molecule has 0 aliphatic heterocycles. The Kier molecular flexibility index (Phi) is 3.35. The maximum Gasteiger partial charge on any atom is 0.0172 e. The summed E-state index contributed by atoms with van der Waals surface area (Å²) < 4.78 is 2.18. The molecule has 0 fully saturated rings. The minimum atomic E-state index is 0.611. The van der Waals surface area contributed by atoms with E-state index in [-0.39, 0.29) is 0 Å². The molecule has 1 atom stereocenters. The topological polar surface area (TPSA) is 17.0 Å². The Labute approximate surface area is 74.6 Å². The van der Waals surface area contributed by atoms with Crippen LogP contribution in [0.3, 0.4) is 0 Å². The van der Waals surface area contributed by atoms with Crippen molar-refractivity contribution in [1.82, 2.24) is 9.88 Å². The first kappa shape index (κ1) is 9.33. The van der Waals surface area contributed by atoms with Crippen molar-refractivity contribution in [3.63, 3.8) is 0 Å². The lowest BCUT2D eigenvalue weighted by molar-refractivity contribution is 0.556. The lowest BCUT2D eigenvalue weighted by Crippen LogP contribution is -2.21. The zero-order chi connectivity index (χ0) is 8.97. The number of hydrogen-bond donors (Lipinski definition) is 1. The van der Waals surface area contributed by atoms with Gasteiger partial charge in [-0.2, -0.15) is 0 Å². The second-order valence-corrected chi connectivity index (χ2v) is 3.34. The summed E-state index contributed by atoms with van der Waals surface area (Å²) in [4.78, 5) is 0. The molecule has 1 aromatic heterocycles. The lowest BCUT2D eigenvalue weighted by Gasteiger charge is -2.09. The Bertz CT molecular complexity index is 227. The van der Waals surface area contributed by atoms with E-state index in [1.165, 1.54) is 12.1 Å². The van der Waals surface area contributed by atoms with E-state index in [9.17, 15) is 0 Å². The molecule has 1 unspecified atom stereocenters. The van der Waals surface area contributed by atoms with Crippen LogP contribution in [0.25, 0.3) is 0 Å². The van der Waals surface area contributed by atoms with Crippen molar-refractivity contribution in [3.05, 3.63) is 24.0 Å². The van der Waals surface area contributed by atoms with Crippen LogP contribution >= 0.6 is 0 Å². The van der Waals surface area contributed by atoms with Gasteiger partial charge >= 0.3 is 0 Å². The van der Waals surface area contributed by atoms with Crippen LogP contribution in [0.15, 0.2) is 18.3 Å². The summed E-state index contributed by atoms with van der Waals surface area (Å²) in [6, 6.07) is 4.89. The van der Waals surface area contributed by atoms with Crippen molar-refractivity contribution >= 4 is 0 Å². The number of hydrogen-bond acceptors (Lipinski definition) is 1. The van der Waals surface area contributed by atoms with Crippen molar-refractivity contribution in [2.75, 3.05) is 7.05 Å². The maximum absolute atomic E-state index is 3.24. The Morgan fingerprint density at radius 3 is 2.83 bits per heavy atom. The van der Waals surface area contributed by atoms with Crippen molar-refractivity contribution in [3.8, 4) is 0 Å². The minimum absolute atomic E-state index is 0.611. The summed E-state index contributed by atoms with van der Waals surface area (Å²) in [6.07, 6.45) is 4.46. The predicted octanol–water partition coefficient (Wildman–Crippen LogP) is 1.57. The van der Waals surface area contributed by atoms with Gasteiger partial charge < -0.3 is 9.88 Å². The van der Waals surface area contributed by atoms with Gasteiger partial charge in [0.15, 0.2) is 0 Å². The minimum Gasteiger partial charge on any atom is -0.354 e. The SMILES string of the molecule is CNC(C)CCc1cccn1C. The normalized spacial score (nSPS) is 13.2. The smallest absolute Gasteiger partial charge is 0.0172 e. The molecule has 0 aliphatic carbocycles. The third-order valence-electron chi connectivity index (χ3n) is 2.38. The molecule has 1 aromatic rings. The van der Waals surface area contributed by atoms with Gasteiger partial charge in [0, 0.05) is 25.0 Å². The summed E-state index contributed by atoms with van der Waals surface area (Å²) in [7, 11) is 4.11. The molecule has 0 saturated carbocycles. The molecule has 12 heavy (non-hydrogen) atoms. The summed E-state index contributed by atoms with van der Waals surface area (Å²) in [5.74, 6) is 0. The fraction of sp³-hybridized carbons (Fsp3) is 0.600. The number of nitrogens with zero attached hydrogens (tertiary/aromatic N) is 1. The summed E-state index contributed by atoms with van der Waals surface area (Å²) >= 11 is 0. The highest BCUT2D eigenvalue weighted by atomic mass is 14.9. The van der Waals surface area contributed by atoms with Gasteiger partial charge in [-0.25, -0.2) is 0 Å². The van der Waals surface area contributed by atoms with Crippen LogP contribution in [0.4, 0.5) is 0 Å². The van der Waals surface area contributed by atoms with Gasteiger partial charge in [-0.15, -0.1) is 0 Å². The van der Waals surface area contributed by atoms with Crippen LogP contribution in [0.1, 0.15) is 19.0 Å². The van der Waals surface area contributed by atoms with Gasteiger partial charge in [0.1, 0.15) is 0 Å². The third-order valence-corrected chi connectivity index (χ3v) is 2.38. The Morgan fingerprint density at radius 1 is 1.58 bits per heavy atom. The first-order valence-electron chi connectivity index (χ1n) is 4.51. The molecule has 0 amide bonds. The fourth-order valence-electron chi connectivity index (χ4n) is 1.26. The molecule has 0 spiro atoms. The zero-order valence-electron chi connectivity index (χ0n) is 8.17. The fourth-order valence-corrected chi connectivity index (χ4v) is 1.26. The van der Waals surface area contributed by atoms with E-state index in [1.54, 1.807) is 0 Å². The molecule has 1 heterocycles. The average Bonchev–Trinajstić information content (AvgIpc) is 2.47. The van der Waals surface area contributed by atoms with Crippen molar-refractivity contribution < 1.29 is 0 Å². The highest BCUT2D eigenvalue weighted by molar-refractivity contribution is 5.06. The second-order valence-electron chi connectivity index (χ2n) is 3.34. The van der Waals surface area contributed by atoms with E-state index in [0.29, 0.717) is 6.04 Å². The summed E-state index contributed by atoms with van der Waals surface area (Å²) in [5.41, 5.74) is 1.41. The third kappa shape index (κ3) is 2.38. The molecule has 0 saturated heterocycles. The molecule has 0 aliphatic rings. The Balaban J connectivity index is 2.38. The van der Waals surface area contributed by atoms with Gasteiger partial charge in [0.05, 0.1) is 0 Å². The van der Waals surface area contributed by atoms with E-state index in [4.69, 9.17) is 0 Å². The second kappa shape index (κ2) is 4.31. The first-order valence-corrected chi connectivity index (χ1v) is 4.51. The number of aryl methyl sites for hydroxylation is 2. The Hall–Kier alpha value is -0.760. The van der Waals surface area contributed by atoms with Gasteiger partial charge in [0.2, 0.25) is 0 Å². The van der Waals surface area contributed by atoms with Crippen LogP contribution < -0.4 is 5.32 Å². The van der Waals surface area contributed by atoms with Crippen LogP contribution in [0.5, 0.6) is 0 Å². The zero-order valence-corrected chi connectivity index (χ0v) is 8.17. The van der Waals surface area contributed by atoms with Crippen LogP contribution in [-0.4, -0.2) is 17.7 Å². The lowest BCUT2D eigenvalue weighted by atomic mass is 10.1. The van der Waals surface area contributed by atoms with Crippen LogP contribution in [0.2, 0.25) is 0 Å². The van der Waals surface area contributed by atoms with Gasteiger partial charge in [0.25, 0.3) is 0 Å². The van der Waals surface area contributed by atoms with Gasteiger partial charge in [-0.1, -0.05) is 0 Å². The summed E-state index contributed by atoms with van der Waals surface area (Å²) in [6.45, 7) is 2.21.